The van der Waals surface area contributed by atoms with Crippen LogP contribution in [0.5, 0.6) is 5.75 Å². The Morgan fingerprint density at radius 3 is 2.08 bits per heavy atom. The van der Waals surface area contributed by atoms with Crippen molar-refractivity contribution in [2.24, 2.45) is 0 Å². The van der Waals surface area contributed by atoms with Crippen LogP contribution in [0.15, 0.2) is 12.1 Å². The second kappa shape index (κ2) is 3.77. The molecule has 0 heterocycles. The van der Waals surface area contributed by atoms with Crippen molar-refractivity contribution in [3.63, 3.8) is 0 Å². The van der Waals surface area contributed by atoms with E-state index in [9.17, 15) is 8.78 Å². The molecule has 0 N–H and O–H groups in total. The Kier molecular flexibility index (Phi) is 2.91. The SMILES string of the molecule is [B-]c1cc(F)c(OC(C)C)c(F)c1. The normalized spacial score (nSPS) is 10.6. The van der Waals surface area contributed by atoms with Gasteiger partial charge in [-0.15, -0.1) is 0 Å². The highest BCUT2D eigenvalue weighted by molar-refractivity contribution is 6.32. The van der Waals surface area contributed by atoms with Crippen LogP contribution in [0.25, 0.3) is 0 Å². The second-order valence-corrected chi connectivity index (χ2v) is 2.98. The molecule has 13 heavy (non-hydrogen) atoms. The third kappa shape index (κ3) is 2.44. The van der Waals surface area contributed by atoms with Crippen LogP contribution >= 0.6 is 0 Å². The second-order valence-electron chi connectivity index (χ2n) is 2.98. The molecule has 0 atom stereocenters. The maximum atomic E-state index is 13.0. The van der Waals surface area contributed by atoms with Gasteiger partial charge in [0.2, 0.25) is 0 Å². The van der Waals surface area contributed by atoms with Gasteiger partial charge in [-0.1, -0.05) is 12.1 Å². The predicted octanol–water partition coefficient (Wildman–Crippen LogP) is 1.55. The third-order valence-corrected chi connectivity index (χ3v) is 1.37. The van der Waals surface area contributed by atoms with Crippen molar-refractivity contribution in [3.8, 4) is 5.75 Å². The van der Waals surface area contributed by atoms with Gasteiger partial charge < -0.3 is 18.0 Å². The van der Waals surface area contributed by atoms with Gasteiger partial charge in [-0.2, -0.15) is 0 Å². The minimum Gasteiger partial charge on any atom is -0.580 e. The van der Waals surface area contributed by atoms with Crippen molar-refractivity contribution in [3.05, 3.63) is 23.8 Å². The lowest BCUT2D eigenvalue weighted by Crippen LogP contribution is -2.12. The van der Waals surface area contributed by atoms with E-state index in [2.05, 4.69) is 0 Å². The molecule has 1 aromatic rings. The topological polar surface area (TPSA) is 9.23 Å². The fraction of sp³-hybridized carbons (Fsp3) is 0.333. The van der Waals surface area contributed by atoms with E-state index in [1.165, 1.54) is 0 Å². The van der Waals surface area contributed by atoms with Crippen LogP contribution in [0.3, 0.4) is 0 Å². The Bertz CT molecular complexity index is 289. The van der Waals surface area contributed by atoms with Crippen LogP contribution in [0.4, 0.5) is 8.78 Å². The van der Waals surface area contributed by atoms with E-state index in [1.54, 1.807) is 13.8 Å². The van der Waals surface area contributed by atoms with Gasteiger partial charge >= 0.3 is 0 Å². The third-order valence-electron chi connectivity index (χ3n) is 1.37. The molecule has 1 rings (SSSR count). The summed E-state index contributed by atoms with van der Waals surface area (Å²) >= 11 is 0. The Balaban J connectivity index is 3.06. The quantitative estimate of drug-likeness (QED) is 0.630. The van der Waals surface area contributed by atoms with Crippen molar-refractivity contribution in [2.45, 2.75) is 20.0 Å². The Labute approximate surface area is 77.1 Å². The first-order valence-electron chi connectivity index (χ1n) is 3.92. The molecule has 0 aliphatic rings. The zero-order chi connectivity index (χ0) is 10.0. The van der Waals surface area contributed by atoms with E-state index in [1.807, 2.05) is 0 Å². The summed E-state index contributed by atoms with van der Waals surface area (Å²) in [5.41, 5.74) is 0.0473. The van der Waals surface area contributed by atoms with Gasteiger partial charge in [0.1, 0.15) is 0 Å². The smallest absolute Gasteiger partial charge is 0.190 e. The summed E-state index contributed by atoms with van der Waals surface area (Å²) in [7, 11) is 5.22. The lowest BCUT2D eigenvalue weighted by molar-refractivity contribution is 0.219. The van der Waals surface area contributed by atoms with E-state index in [0.717, 1.165) is 12.1 Å². The van der Waals surface area contributed by atoms with Crippen molar-refractivity contribution < 1.29 is 13.5 Å². The molecule has 69 valence electrons. The lowest BCUT2D eigenvalue weighted by atomic mass is 9.96. The number of benzene rings is 1. The van der Waals surface area contributed by atoms with Crippen LogP contribution in [-0.2, 0) is 0 Å². The predicted molar refractivity (Wildman–Crippen MR) is 47.5 cm³/mol. The number of halogens is 2. The van der Waals surface area contributed by atoms with Crippen LogP contribution < -0.4 is 10.2 Å². The first kappa shape index (κ1) is 10.0. The molecule has 0 bridgehead atoms. The molecule has 0 saturated carbocycles. The molecule has 0 saturated heterocycles. The number of rotatable bonds is 2. The molecule has 4 heteroatoms. The molecular formula is C9H9BF2O-. The van der Waals surface area contributed by atoms with E-state index < -0.39 is 11.6 Å². The van der Waals surface area contributed by atoms with Crippen molar-refractivity contribution in [1.29, 1.82) is 0 Å². The summed E-state index contributed by atoms with van der Waals surface area (Å²) in [5.74, 6) is -1.92. The molecule has 0 amide bonds. The average molecular weight is 182 g/mol. The van der Waals surface area contributed by atoms with Crippen molar-refractivity contribution in [1.82, 2.24) is 0 Å². The fourth-order valence-corrected chi connectivity index (χ4v) is 0.928. The van der Waals surface area contributed by atoms with Gasteiger partial charge in [-0.25, -0.2) is 8.78 Å². The minimum atomic E-state index is -0.772. The maximum Gasteiger partial charge on any atom is 0.190 e. The van der Waals surface area contributed by atoms with E-state index in [0.29, 0.717) is 0 Å². The molecule has 0 fully saturated rings. The van der Waals surface area contributed by atoms with Gasteiger partial charge in [-0.05, 0) is 13.8 Å². The average Bonchev–Trinajstić information content (AvgIpc) is 1.96. The monoisotopic (exact) mass is 182 g/mol. The zero-order valence-electron chi connectivity index (χ0n) is 7.47. The first-order valence-corrected chi connectivity index (χ1v) is 3.92. The van der Waals surface area contributed by atoms with Crippen LogP contribution in [0, 0.1) is 11.6 Å². The molecule has 0 aromatic heterocycles. The molecule has 1 nitrogen and oxygen atoms in total. The van der Waals surface area contributed by atoms with Gasteiger partial charge in [0.25, 0.3) is 0 Å². The minimum absolute atomic E-state index is 0.0473. The highest BCUT2D eigenvalue weighted by atomic mass is 19.1. The van der Waals surface area contributed by atoms with E-state index >= 15 is 0 Å². The summed E-state index contributed by atoms with van der Waals surface area (Å²) in [6.07, 6.45) is -0.271. The molecule has 0 aliphatic heterocycles. The van der Waals surface area contributed by atoms with Crippen LogP contribution in [0.2, 0.25) is 0 Å². The number of ether oxygens (including phenoxy) is 1. The van der Waals surface area contributed by atoms with Crippen LogP contribution in [0.1, 0.15) is 13.8 Å². The summed E-state index contributed by atoms with van der Waals surface area (Å²) in [6, 6.07) is 2.06. The van der Waals surface area contributed by atoms with E-state index in [-0.39, 0.29) is 17.3 Å². The Morgan fingerprint density at radius 1 is 1.23 bits per heavy atom. The zero-order valence-corrected chi connectivity index (χ0v) is 7.47. The fourth-order valence-electron chi connectivity index (χ4n) is 0.928. The van der Waals surface area contributed by atoms with Gasteiger partial charge in [0.05, 0.1) is 6.10 Å². The standard InChI is InChI=1S/C9H9BF2O/c1-5(2)13-9-7(11)3-6(10)4-8(9)12/h3-5H,1-2H3/q-1. The van der Waals surface area contributed by atoms with Crippen molar-refractivity contribution in [2.75, 3.05) is 0 Å². The maximum absolute atomic E-state index is 13.0. The molecule has 0 aliphatic carbocycles. The number of hydrogen-bond acceptors (Lipinski definition) is 1. The number of hydrogen-bond donors (Lipinski definition) is 0. The van der Waals surface area contributed by atoms with Crippen LogP contribution in [-0.4, -0.2) is 14.0 Å². The van der Waals surface area contributed by atoms with E-state index in [4.69, 9.17) is 12.6 Å². The molecule has 0 spiro atoms. The first-order chi connectivity index (χ1) is 6.00. The summed E-state index contributed by atoms with van der Waals surface area (Å²) < 4.78 is 31.0. The molecule has 0 unspecified atom stereocenters. The summed E-state index contributed by atoms with van der Waals surface area (Å²) in [6.45, 7) is 3.38. The van der Waals surface area contributed by atoms with Gasteiger partial charge in [0, 0.05) is 0 Å². The van der Waals surface area contributed by atoms with Gasteiger partial charge in [0.15, 0.2) is 17.4 Å². The summed E-state index contributed by atoms with van der Waals surface area (Å²) in [4.78, 5) is 0. The van der Waals surface area contributed by atoms with Crippen molar-refractivity contribution >= 4 is 13.3 Å². The summed E-state index contributed by atoms with van der Waals surface area (Å²) in [5, 5.41) is 0. The van der Waals surface area contributed by atoms with Gasteiger partial charge in [-0.3, -0.25) is 0 Å². The molecule has 1 aromatic carbocycles. The largest absolute Gasteiger partial charge is 0.580 e. The Hall–Kier alpha value is -1.06. The molecule has 3 radical (unpaired) electrons. The lowest BCUT2D eigenvalue weighted by Gasteiger charge is -2.14. The highest BCUT2D eigenvalue weighted by Crippen LogP contribution is 2.20. The molecular weight excluding hydrogens is 173 g/mol. The highest BCUT2D eigenvalue weighted by Gasteiger charge is 2.10. The Morgan fingerprint density at radius 2 is 1.69 bits per heavy atom.